The van der Waals surface area contributed by atoms with Crippen LogP contribution in [0.15, 0.2) is 18.2 Å². The number of nitrogens with one attached hydrogen (secondary N) is 1. The number of rotatable bonds is 1. The zero-order valence-corrected chi connectivity index (χ0v) is 10.1. The molecule has 1 aliphatic heterocycles. The Hall–Kier alpha value is -1.23. The van der Waals surface area contributed by atoms with Gasteiger partial charge in [-0.1, -0.05) is 12.1 Å². The normalized spacial score (nSPS) is 17.7. The van der Waals surface area contributed by atoms with Gasteiger partial charge in [0.2, 0.25) is 0 Å². The first kappa shape index (κ1) is 13.2. The summed E-state index contributed by atoms with van der Waals surface area (Å²) in [7, 11) is 0. The van der Waals surface area contributed by atoms with Crippen LogP contribution < -0.4 is 5.32 Å². The van der Waals surface area contributed by atoms with E-state index in [9.17, 15) is 18.0 Å². The fraction of sp³-hybridized carbons (Fsp3) is 0.417. The Labute approximate surface area is 107 Å². The van der Waals surface area contributed by atoms with Crippen molar-refractivity contribution >= 4 is 17.5 Å². The zero-order chi connectivity index (χ0) is 13.3. The molecule has 6 heteroatoms. The van der Waals surface area contributed by atoms with E-state index in [4.69, 9.17) is 11.6 Å². The zero-order valence-electron chi connectivity index (χ0n) is 9.35. The molecule has 1 unspecified atom stereocenters. The highest BCUT2D eigenvalue weighted by atomic mass is 35.5. The van der Waals surface area contributed by atoms with Crippen LogP contribution in [0.3, 0.4) is 0 Å². The second-order valence-electron chi connectivity index (χ2n) is 4.18. The minimum absolute atomic E-state index is 0.0973. The number of carbonyl (C=O) groups excluding carboxylic acids is 1. The molecule has 1 aromatic rings. The van der Waals surface area contributed by atoms with E-state index in [-0.39, 0.29) is 11.5 Å². The lowest BCUT2D eigenvalue weighted by Gasteiger charge is -2.15. The molecule has 0 saturated carbocycles. The number of carbonyl (C=O) groups is 1. The molecule has 1 heterocycles. The van der Waals surface area contributed by atoms with Crippen LogP contribution in [0.4, 0.5) is 13.2 Å². The van der Waals surface area contributed by atoms with Crippen molar-refractivity contribution in [2.24, 2.45) is 0 Å². The van der Waals surface area contributed by atoms with Crippen LogP contribution >= 0.6 is 11.6 Å². The fourth-order valence-corrected chi connectivity index (χ4v) is 2.08. The average molecular weight is 278 g/mol. The van der Waals surface area contributed by atoms with Gasteiger partial charge in [-0.25, -0.2) is 0 Å². The Bertz CT molecular complexity index is 473. The van der Waals surface area contributed by atoms with Crippen molar-refractivity contribution in [3.63, 3.8) is 0 Å². The monoisotopic (exact) mass is 277 g/mol. The third-order valence-electron chi connectivity index (χ3n) is 2.87. The summed E-state index contributed by atoms with van der Waals surface area (Å²) in [5.74, 6) is -0.338. The summed E-state index contributed by atoms with van der Waals surface area (Å²) in [6, 6.07) is 4.13. The molecule has 0 radical (unpaired) electrons. The standard InChI is InChI=1S/C12H11ClF3NO/c13-10(12(14,15)16)8-4-3-7-2-1-5-17-11(18)9(7)6-8/h3-4,6,10H,1-2,5H2,(H,17,18). The summed E-state index contributed by atoms with van der Waals surface area (Å²) in [5, 5.41) is 0.558. The summed E-state index contributed by atoms with van der Waals surface area (Å²) in [5.41, 5.74) is 0.958. The second kappa shape index (κ2) is 4.80. The quantitative estimate of drug-likeness (QED) is 0.785. The topological polar surface area (TPSA) is 29.1 Å². The van der Waals surface area contributed by atoms with Gasteiger partial charge in [0.05, 0.1) is 0 Å². The molecule has 98 valence electrons. The Morgan fingerprint density at radius 3 is 2.72 bits per heavy atom. The number of hydrogen-bond donors (Lipinski definition) is 1. The maximum atomic E-state index is 12.5. The molecule has 18 heavy (non-hydrogen) atoms. The van der Waals surface area contributed by atoms with Crippen LogP contribution in [0.5, 0.6) is 0 Å². The highest BCUT2D eigenvalue weighted by molar-refractivity contribution is 6.21. The number of fused-ring (bicyclic) bond motifs is 1. The van der Waals surface area contributed by atoms with Crippen molar-refractivity contribution in [3.05, 3.63) is 34.9 Å². The number of aryl methyl sites for hydroxylation is 1. The van der Waals surface area contributed by atoms with Crippen LogP contribution in [0, 0.1) is 0 Å². The summed E-state index contributed by atoms with van der Waals surface area (Å²) < 4.78 is 37.5. The highest BCUT2D eigenvalue weighted by Crippen LogP contribution is 2.38. The van der Waals surface area contributed by atoms with E-state index in [2.05, 4.69) is 5.32 Å². The largest absolute Gasteiger partial charge is 0.408 e. The van der Waals surface area contributed by atoms with Gasteiger partial charge in [-0.15, -0.1) is 11.6 Å². The van der Waals surface area contributed by atoms with Crippen molar-refractivity contribution in [2.75, 3.05) is 6.54 Å². The maximum absolute atomic E-state index is 12.5. The minimum Gasteiger partial charge on any atom is -0.352 e. The van der Waals surface area contributed by atoms with Crippen LogP contribution in [0.2, 0.25) is 0 Å². The first-order valence-corrected chi connectivity index (χ1v) is 5.95. The van der Waals surface area contributed by atoms with Gasteiger partial charge in [-0.05, 0) is 30.0 Å². The molecule has 0 aliphatic carbocycles. The lowest BCUT2D eigenvalue weighted by atomic mass is 9.99. The number of alkyl halides is 4. The molecular weight excluding hydrogens is 267 g/mol. The van der Waals surface area contributed by atoms with Crippen molar-refractivity contribution < 1.29 is 18.0 Å². The Morgan fingerprint density at radius 1 is 1.33 bits per heavy atom. The van der Waals surface area contributed by atoms with Gasteiger partial charge in [0, 0.05) is 12.1 Å². The molecule has 1 aromatic carbocycles. The molecule has 0 spiro atoms. The van der Waals surface area contributed by atoms with Gasteiger partial charge in [-0.2, -0.15) is 13.2 Å². The minimum atomic E-state index is -4.52. The Kier molecular flexibility index (Phi) is 3.52. The lowest BCUT2D eigenvalue weighted by Crippen LogP contribution is -2.23. The van der Waals surface area contributed by atoms with Crippen LogP contribution in [0.1, 0.15) is 33.3 Å². The molecule has 1 amide bonds. The van der Waals surface area contributed by atoms with E-state index in [1.807, 2.05) is 0 Å². The molecular formula is C12H11ClF3NO. The predicted molar refractivity (Wildman–Crippen MR) is 61.7 cm³/mol. The van der Waals surface area contributed by atoms with Gasteiger partial charge in [0.25, 0.3) is 5.91 Å². The molecule has 1 N–H and O–H groups in total. The van der Waals surface area contributed by atoms with Crippen LogP contribution in [-0.2, 0) is 6.42 Å². The molecule has 0 bridgehead atoms. The van der Waals surface area contributed by atoms with Gasteiger partial charge >= 0.3 is 6.18 Å². The number of benzene rings is 1. The molecule has 1 atom stereocenters. The summed E-state index contributed by atoms with van der Waals surface area (Å²) in [4.78, 5) is 11.7. The van der Waals surface area contributed by atoms with E-state index < -0.39 is 11.6 Å². The lowest BCUT2D eigenvalue weighted by molar-refractivity contribution is -0.131. The van der Waals surface area contributed by atoms with Crippen LogP contribution in [0.25, 0.3) is 0 Å². The molecule has 0 aromatic heterocycles. The smallest absolute Gasteiger partial charge is 0.352 e. The summed E-state index contributed by atoms with van der Waals surface area (Å²) in [6.45, 7) is 0.534. The highest BCUT2D eigenvalue weighted by Gasteiger charge is 2.39. The van der Waals surface area contributed by atoms with Crippen molar-refractivity contribution in [1.29, 1.82) is 0 Å². The van der Waals surface area contributed by atoms with E-state index in [1.54, 1.807) is 6.07 Å². The van der Waals surface area contributed by atoms with Crippen molar-refractivity contribution in [3.8, 4) is 0 Å². The van der Waals surface area contributed by atoms with Gasteiger partial charge < -0.3 is 5.32 Å². The van der Waals surface area contributed by atoms with Gasteiger partial charge in [0.15, 0.2) is 5.38 Å². The van der Waals surface area contributed by atoms with Gasteiger partial charge in [0.1, 0.15) is 0 Å². The Morgan fingerprint density at radius 2 is 2.06 bits per heavy atom. The number of halogens is 4. The predicted octanol–water partition coefficient (Wildman–Crippen LogP) is 3.20. The molecule has 2 nitrogen and oxygen atoms in total. The Balaban J connectivity index is 2.40. The molecule has 0 saturated heterocycles. The molecule has 1 aliphatic rings. The first-order valence-electron chi connectivity index (χ1n) is 5.51. The first-order chi connectivity index (χ1) is 8.39. The fourth-order valence-electron chi connectivity index (χ4n) is 1.95. The van der Waals surface area contributed by atoms with Crippen LogP contribution in [-0.4, -0.2) is 18.6 Å². The third-order valence-corrected chi connectivity index (χ3v) is 3.37. The van der Waals surface area contributed by atoms with E-state index in [1.165, 1.54) is 12.1 Å². The molecule has 0 fully saturated rings. The number of amides is 1. The maximum Gasteiger partial charge on any atom is 0.408 e. The molecule has 2 rings (SSSR count). The van der Waals surface area contributed by atoms with E-state index in [0.717, 1.165) is 12.0 Å². The summed E-state index contributed by atoms with van der Waals surface area (Å²) >= 11 is 5.36. The van der Waals surface area contributed by atoms with Gasteiger partial charge in [-0.3, -0.25) is 4.79 Å². The second-order valence-corrected chi connectivity index (χ2v) is 4.62. The van der Waals surface area contributed by atoms with Crippen molar-refractivity contribution in [2.45, 2.75) is 24.4 Å². The van der Waals surface area contributed by atoms with Crippen molar-refractivity contribution in [1.82, 2.24) is 5.32 Å². The number of hydrogen-bond acceptors (Lipinski definition) is 1. The third kappa shape index (κ3) is 2.61. The average Bonchev–Trinajstić information content (AvgIpc) is 2.49. The van der Waals surface area contributed by atoms with E-state index in [0.29, 0.717) is 18.5 Å². The SMILES string of the molecule is O=C1NCCCc2ccc(C(Cl)C(F)(F)F)cc21. The summed E-state index contributed by atoms with van der Waals surface area (Å²) in [6.07, 6.45) is -3.06. The van der Waals surface area contributed by atoms with E-state index >= 15 is 0 Å².